The maximum absolute atomic E-state index is 5.51. The number of hydrogen-bond donors (Lipinski definition) is 0. The predicted molar refractivity (Wildman–Crippen MR) is 57.1 cm³/mol. The van der Waals surface area contributed by atoms with Crippen LogP contribution in [0.2, 0.25) is 0 Å². The number of ether oxygens (including phenoxy) is 1. The molecule has 1 aromatic carbocycles. The zero-order valence-electron chi connectivity index (χ0n) is 7.01. The Hall–Kier alpha value is -0.0900. The standard InChI is InChI=1S/C10H11IO/c1-12-10(6-7-10)8-4-2-3-5-9(8)11/h2-5H,6-7H2,1H3. The minimum atomic E-state index is 0.0672. The SMILES string of the molecule is COC1(c2ccccc2I)CC1. The lowest BCUT2D eigenvalue weighted by Crippen LogP contribution is -2.10. The number of halogens is 1. The van der Waals surface area contributed by atoms with Gasteiger partial charge in [-0.05, 0) is 47.1 Å². The second kappa shape index (κ2) is 3.00. The molecule has 1 aliphatic carbocycles. The highest BCUT2D eigenvalue weighted by atomic mass is 127. The topological polar surface area (TPSA) is 9.23 Å². The van der Waals surface area contributed by atoms with Gasteiger partial charge in [0, 0.05) is 10.7 Å². The van der Waals surface area contributed by atoms with Crippen LogP contribution in [0.4, 0.5) is 0 Å². The van der Waals surface area contributed by atoms with Crippen molar-refractivity contribution in [1.29, 1.82) is 0 Å². The summed E-state index contributed by atoms with van der Waals surface area (Å²) in [6.45, 7) is 0. The molecule has 2 heteroatoms. The van der Waals surface area contributed by atoms with E-state index < -0.39 is 0 Å². The number of benzene rings is 1. The van der Waals surface area contributed by atoms with Crippen molar-refractivity contribution in [3.8, 4) is 0 Å². The fourth-order valence-electron chi connectivity index (χ4n) is 1.53. The van der Waals surface area contributed by atoms with Crippen molar-refractivity contribution < 1.29 is 4.74 Å². The Balaban J connectivity index is 2.40. The lowest BCUT2D eigenvalue weighted by atomic mass is 10.1. The van der Waals surface area contributed by atoms with E-state index in [4.69, 9.17) is 4.74 Å². The molecule has 64 valence electrons. The van der Waals surface area contributed by atoms with Gasteiger partial charge in [-0.1, -0.05) is 18.2 Å². The quantitative estimate of drug-likeness (QED) is 0.753. The van der Waals surface area contributed by atoms with Gasteiger partial charge in [0.05, 0.1) is 5.60 Å². The van der Waals surface area contributed by atoms with E-state index in [0.717, 1.165) is 0 Å². The Bertz CT molecular complexity index is 292. The third-order valence-corrected chi connectivity index (χ3v) is 3.40. The lowest BCUT2D eigenvalue weighted by molar-refractivity contribution is 0.0782. The molecular weight excluding hydrogens is 263 g/mol. The lowest BCUT2D eigenvalue weighted by Gasteiger charge is -2.14. The highest BCUT2D eigenvalue weighted by Crippen LogP contribution is 2.49. The number of methoxy groups -OCH3 is 1. The molecule has 2 rings (SSSR count). The zero-order chi connectivity index (χ0) is 8.60. The summed E-state index contributed by atoms with van der Waals surface area (Å²) in [5.74, 6) is 0. The molecule has 0 aliphatic heterocycles. The van der Waals surface area contributed by atoms with E-state index in [2.05, 4.69) is 46.9 Å². The van der Waals surface area contributed by atoms with E-state index >= 15 is 0 Å². The van der Waals surface area contributed by atoms with E-state index in [9.17, 15) is 0 Å². The summed E-state index contributed by atoms with van der Waals surface area (Å²) in [6.07, 6.45) is 2.34. The fourth-order valence-corrected chi connectivity index (χ4v) is 2.41. The average molecular weight is 274 g/mol. The smallest absolute Gasteiger partial charge is 0.0940 e. The average Bonchev–Trinajstić information content (AvgIpc) is 2.86. The molecule has 0 bridgehead atoms. The van der Waals surface area contributed by atoms with Crippen LogP contribution in [0, 0.1) is 3.57 Å². The number of hydrogen-bond acceptors (Lipinski definition) is 1. The van der Waals surface area contributed by atoms with Gasteiger partial charge >= 0.3 is 0 Å². The van der Waals surface area contributed by atoms with Gasteiger partial charge in [-0.25, -0.2) is 0 Å². The van der Waals surface area contributed by atoms with Crippen molar-refractivity contribution in [2.75, 3.05) is 7.11 Å². The van der Waals surface area contributed by atoms with Gasteiger partial charge < -0.3 is 4.74 Å². The molecule has 0 heterocycles. The van der Waals surface area contributed by atoms with Crippen molar-refractivity contribution in [3.63, 3.8) is 0 Å². The Morgan fingerprint density at radius 1 is 1.33 bits per heavy atom. The molecule has 0 N–H and O–H groups in total. The highest BCUT2D eigenvalue weighted by Gasteiger charge is 2.45. The molecule has 1 saturated carbocycles. The van der Waals surface area contributed by atoms with Crippen molar-refractivity contribution in [2.45, 2.75) is 18.4 Å². The van der Waals surface area contributed by atoms with Crippen LogP contribution in [0.5, 0.6) is 0 Å². The summed E-state index contributed by atoms with van der Waals surface area (Å²) in [5, 5.41) is 0. The van der Waals surface area contributed by atoms with Crippen molar-refractivity contribution in [1.82, 2.24) is 0 Å². The van der Waals surface area contributed by atoms with Crippen molar-refractivity contribution in [2.24, 2.45) is 0 Å². The van der Waals surface area contributed by atoms with Crippen LogP contribution in [0.15, 0.2) is 24.3 Å². The van der Waals surface area contributed by atoms with Crippen LogP contribution in [-0.2, 0) is 10.3 Å². The molecule has 0 atom stereocenters. The molecular formula is C10H11IO. The van der Waals surface area contributed by atoms with Gasteiger partial charge in [0.2, 0.25) is 0 Å². The van der Waals surface area contributed by atoms with E-state index in [1.807, 2.05) is 0 Å². The molecule has 1 nitrogen and oxygen atoms in total. The van der Waals surface area contributed by atoms with Crippen molar-refractivity contribution >= 4 is 22.6 Å². The predicted octanol–water partition coefficient (Wildman–Crippen LogP) is 2.93. The van der Waals surface area contributed by atoms with Gasteiger partial charge in [-0.2, -0.15) is 0 Å². The summed E-state index contributed by atoms with van der Waals surface area (Å²) < 4.78 is 6.83. The summed E-state index contributed by atoms with van der Waals surface area (Å²) in [4.78, 5) is 0. The van der Waals surface area contributed by atoms with Crippen molar-refractivity contribution in [3.05, 3.63) is 33.4 Å². The third-order valence-electron chi connectivity index (χ3n) is 2.46. The number of rotatable bonds is 2. The fraction of sp³-hybridized carbons (Fsp3) is 0.400. The molecule has 0 saturated heterocycles. The van der Waals surface area contributed by atoms with Gasteiger partial charge in [0.1, 0.15) is 0 Å². The van der Waals surface area contributed by atoms with Gasteiger partial charge in [-0.15, -0.1) is 0 Å². The first-order valence-corrected chi connectivity index (χ1v) is 5.16. The minimum absolute atomic E-state index is 0.0672. The first-order valence-electron chi connectivity index (χ1n) is 4.09. The zero-order valence-corrected chi connectivity index (χ0v) is 9.17. The first-order chi connectivity index (χ1) is 5.78. The molecule has 12 heavy (non-hydrogen) atoms. The monoisotopic (exact) mass is 274 g/mol. The van der Waals surface area contributed by atoms with Gasteiger partial charge in [0.25, 0.3) is 0 Å². The Morgan fingerprint density at radius 2 is 2.00 bits per heavy atom. The minimum Gasteiger partial charge on any atom is -0.373 e. The highest BCUT2D eigenvalue weighted by molar-refractivity contribution is 14.1. The molecule has 0 amide bonds. The van der Waals surface area contributed by atoms with Crippen LogP contribution in [0.25, 0.3) is 0 Å². The molecule has 0 aromatic heterocycles. The molecule has 0 spiro atoms. The summed E-state index contributed by atoms with van der Waals surface area (Å²) in [7, 11) is 1.80. The third kappa shape index (κ3) is 1.27. The Kier molecular flexibility index (Phi) is 2.12. The van der Waals surface area contributed by atoms with E-state index in [-0.39, 0.29) is 5.60 Å². The maximum atomic E-state index is 5.51. The van der Waals surface area contributed by atoms with E-state index in [1.54, 1.807) is 7.11 Å². The van der Waals surface area contributed by atoms with Gasteiger partial charge in [0.15, 0.2) is 0 Å². The molecule has 1 aliphatic rings. The second-order valence-electron chi connectivity index (χ2n) is 3.18. The van der Waals surface area contributed by atoms with Crippen LogP contribution in [-0.4, -0.2) is 7.11 Å². The summed E-state index contributed by atoms with van der Waals surface area (Å²) >= 11 is 2.37. The van der Waals surface area contributed by atoms with Crippen LogP contribution in [0.1, 0.15) is 18.4 Å². The van der Waals surface area contributed by atoms with Gasteiger partial charge in [-0.3, -0.25) is 0 Å². The molecule has 0 radical (unpaired) electrons. The normalized spacial score (nSPS) is 19.2. The maximum Gasteiger partial charge on any atom is 0.0940 e. The summed E-state index contributed by atoms with van der Waals surface area (Å²) in [6, 6.07) is 8.45. The second-order valence-corrected chi connectivity index (χ2v) is 4.34. The summed E-state index contributed by atoms with van der Waals surface area (Å²) in [5.41, 5.74) is 1.42. The molecule has 1 fully saturated rings. The van der Waals surface area contributed by atoms with Crippen LogP contribution < -0.4 is 0 Å². The molecule has 1 aromatic rings. The van der Waals surface area contributed by atoms with E-state index in [0.29, 0.717) is 0 Å². The van der Waals surface area contributed by atoms with Crippen LogP contribution >= 0.6 is 22.6 Å². The largest absolute Gasteiger partial charge is 0.373 e. The first kappa shape index (κ1) is 8.51. The Labute approximate surface area is 86.3 Å². The van der Waals surface area contributed by atoms with E-state index in [1.165, 1.54) is 22.0 Å². The molecule has 0 unspecified atom stereocenters. The Morgan fingerprint density at radius 3 is 2.50 bits per heavy atom. The van der Waals surface area contributed by atoms with Crippen LogP contribution in [0.3, 0.4) is 0 Å².